The third kappa shape index (κ3) is 14.2. The second kappa shape index (κ2) is 19.6. The zero-order valence-corrected chi connectivity index (χ0v) is 34.7. The zero-order valence-electron chi connectivity index (χ0n) is 31.4. The molecule has 1 aliphatic heterocycles. The Bertz CT molecular complexity index is 1350. The molecule has 1 fully saturated rings. The van der Waals surface area contributed by atoms with Crippen LogP contribution in [0.5, 0.6) is 5.75 Å². The molecule has 288 valence electrons. The highest BCUT2D eigenvalue weighted by atomic mass is 35.6. The van der Waals surface area contributed by atoms with E-state index in [1.165, 1.54) is 5.01 Å². The summed E-state index contributed by atoms with van der Waals surface area (Å²) >= 11 is 17.3. The number of hydrogen-bond acceptors (Lipinski definition) is 8. The average Bonchev–Trinajstić information content (AvgIpc) is 3.04. The van der Waals surface area contributed by atoms with Gasteiger partial charge in [-0.3, -0.25) is 24.2 Å². The standard InChI is InChI=1S/C36H57Cl3N4O7Si/c1-11-12-18-29(48-8)24(4)31(44)41-30(23(2)3)32(45)40-28(21-25-15-13-16-26(20-25)50-51(9,10)35(5,6)7)33(46)43-19-14-17-27(42-43)34(47)49-22-36(37,38)39/h11,13,15-16,20,23-24,27-30,42H,1,12,14,17-19,21-22H2,2-10H3,(H,40,45)(H,41,44). The van der Waals surface area contributed by atoms with Crippen LogP contribution in [0, 0.1) is 11.8 Å². The number of benzene rings is 1. The second-order valence-electron chi connectivity index (χ2n) is 15.0. The Morgan fingerprint density at radius 1 is 1.10 bits per heavy atom. The number of alkyl halides is 3. The summed E-state index contributed by atoms with van der Waals surface area (Å²) < 4.78 is 15.5. The Labute approximate surface area is 319 Å². The number of allylic oxidation sites excluding steroid dienone is 1. The van der Waals surface area contributed by atoms with Gasteiger partial charge < -0.3 is 24.5 Å². The van der Waals surface area contributed by atoms with Gasteiger partial charge in [-0.2, -0.15) is 0 Å². The summed E-state index contributed by atoms with van der Waals surface area (Å²) in [5.74, 6) is -2.17. The molecular formula is C36H57Cl3N4O7Si. The Hall–Kier alpha value is -2.35. The molecule has 0 aromatic heterocycles. The van der Waals surface area contributed by atoms with Crippen LogP contribution in [0.4, 0.5) is 0 Å². The van der Waals surface area contributed by atoms with Crippen LogP contribution < -0.4 is 20.5 Å². The van der Waals surface area contributed by atoms with Crippen molar-refractivity contribution in [3.05, 3.63) is 42.5 Å². The minimum Gasteiger partial charge on any atom is -0.543 e. The van der Waals surface area contributed by atoms with Gasteiger partial charge in [0.2, 0.25) is 23.9 Å². The summed E-state index contributed by atoms with van der Waals surface area (Å²) in [6.45, 7) is 19.7. The molecule has 5 atom stereocenters. The van der Waals surface area contributed by atoms with E-state index in [2.05, 4.69) is 56.5 Å². The maximum absolute atomic E-state index is 14.2. The summed E-state index contributed by atoms with van der Waals surface area (Å²) in [5.41, 5.74) is 3.70. The van der Waals surface area contributed by atoms with Gasteiger partial charge in [0.15, 0.2) is 0 Å². The summed E-state index contributed by atoms with van der Waals surface area (Å²) in [6.07, 6.45) is 3.66. The van der Waals surface area contributed by atoms with Crippen molar-refractivity contribution in [2.24, 2.45) is 11.8 Å². The highest BCUT2D eigenvalue weighted by molar-refractivity contribution is 6.74. The molecule has 3 amide bonds. The third-order valence-electron chi connectivity index (χ3n) is 9.42. The van der Waals surface area contributed by atoms with Crippen molar-refractivity contribution < 1.29 is 33.1 Å². The summed E-state index contributed by atoms with van der Waals surface area (Å²) in [5, 5.41) is 7.09. The number of esters is 1. The number of halogens is 3. The molecule has 1 aliphatic rings. The normalized spacial score (nSPS) is 17.9. The van der Waals surface area contributed by atoms with Crippen molar-refractivity contribution >= 4 is 66.8 Å². The molecule has 0 radical (unpaired) electrons. The lowest BCUT2D eigenvalue weighted by Crippen LogP contribution is -2.62. The fraction of sp³-hybridized carbons (Fsp3) is 0.667. The van der Waals surface area contributed by atoms with Gasteiger partial charge in [-0.15, -0.1) is 6.58 Å². The van der Waals surface area contributed by atoms with Crippen molar-refractivity contribution in [3.63, 3.8) is 0 Å². The fourth-order valence-electron chi connectivity index (χ4n) is 5.28. The van der Waals surface area contributed by atoms with E-state index in [-0.39, 0.29) is 35.9 Å². The van der Waals surface area contributed by atoms with Gasteiger partial charge in [-0.1, -0.05) is 94.6 Å². The van der Waals surface area contributed by atoms with E-state index in [4.69, 9.17) is 48.7 Å². The van der Waals surface area contributed by atoms with Crippen molar-refractivity contribution in [1.82, 2.24) is 21.1 Å². The van der Waals surface area contributed by atoms with Gasteiger partial charge in [0.25, 0.3) is 5.91 Å². The van der Waals surface area contributed by atoms with E-state index in [0.717, 1.165) is 5.56 Å². The van der Waals surface area contributed by atoms with Gasteiger partial charge >= 0.3 is 5.97 Å². The first kappa shape index (κ1) is 44.8. The number of amides is 3. The lowest BCUT2D eigenvalue weighted by molar-refractivity contribution is -0.153. The van der Waals surface area contributed by atoms with Gasteiger partial charge in [0.1, 0.15) is 30.5 Å². The maximum Gasteiger partial charge on any atom is 0.325 e. The number of methoxy groups -OCH3 is 1. The van der Waals surface area contributed by atoms with Crippen molar-refractivity contribution in [2.75, 3.05) is 20.3 Å². The summed E-state index contributed by atoms with van der Waals surface area (Å²) in [7, 11) is -0.621. The second-order valence-corrected chi connectivity index (χ2v) is 22.2. The smallest absolute Gasteiger partial charge is 0.325 e. The van der Waals surface area contributed by atoms with Gasteiger partial charge in [0.05, 0.1) is 12.0 Å². The molecule has 0 aliphatic carbocycles. The first-order chi connectivity index (χ1) is 23.6. The number of ether oxygens (including phenoxy) is 2. The minimum atomic E-state index is -2.17. The number of hydrogen-bond donors (Lipinski definition) is 3. The Morgan fingerprint density at radius 3 is 2.33 bits per heavy atom. The number of carbonyl (C=O) groups is 4. The molecule has 0 saturated carbocycles. The number of nitrogens with zero attached hydrogens (tertiary/aromatic N) is 1. The molecule has 11 nitrogen and oxygen atoms in total. The summed E-state index contributed by atoms with van der Waals surface area (Å²) in [6, 6.07) is 4.60. The molecule has 0 spiro atoms. The molecule has 1 heterocycles. The van der Waals surface area contributed by atoms with Crippen LogP contribution in [0.25, 0.3) is 0 Å². The van der Waals surface area contributed by atoms with Crippen molar-refractivity contribution in [1.29, 1.82) is 0 Å². The van der Waals surface area contributed by atoms with Crippen molar-refractivity contribution in [2.45, 2.75) is 120 Å². The predicted octanol–water partition coefficient (Wildman–Crippen LogP) is 6.27. The molecule has 1 saturated heterocycles. The quantitative estimate of drug-likeness (QED) is 0.0729. The first-order valence-electron chi connectivity index (χ1n) is 17.4. The van der Waals surface area contributed by atoms with Gasteiger partial charge in [-0.25, -0.2) is 5.43 Å². The number of rotatable bonds is 17. The highest BCUT2D eigenvalue weighted by Gasteiger charge is 2.40. The Kier molecular flexibility index (Phi) is 17.3. The molecule has 5 unspecified atom stereocenters. The van der Waals surface area contributed by atoms with Gasteiger partial charge in [0, 0.05) is 20.1 Å². The average molecular weight is 792 g/mol. The first-order valence-corrected chi connectivity index (χ1v) is 21.5. The largest absolute Gasteiger partial charge is 0.543 e. The number of carbonyl (C=O) groups excluding carboxylic acids is 4. The molecule has 15 heteroatoms. The molecule has 1 aromatic carbocycles. The SMILES string of the molecule is C=CCCC(OC)C(C)C(=O)NC(C(=O)NC(Cc1cccc(O[Si](C)(C)C(C)(C)C)c1)C(=O)N1CCCC(C(=O)OCC(Cl)(Cl)Cl)N1)C(C)C. The van der Waals surface area contributed by atoms with Gasteiger partial charge in [-0.05, 0) is 67.4 Å². The summed E-state index contributed by atoms with van der Waals surface area (Å²) in [4.78, 5) is 54.3. The van der Waals surface area contributed by atoms with Crippen LogP contribution in [0.2, 0.25) is 18.1 Å². The lowest BCUT2D eigenvalue weighted by atomic mass is 9.96. The molecule has 1 aromatic rings. The monoisotopic (exact) mass is 790 g/mol. The van der Waals surface area contributed by atoms with E-state index in [1.54, 1.807) is 20.1 Å². The Morgan fingerprint density at radius 2 is 1.76 bits per heavy atom. The topological polar surface area (TPSA) is 135 Å². The van der Waals surface area contributed by atoms with E-state index >= 15 is 0 Å². The minimum absolute atomic E-state index is 0.0331. The lowest BCUT2D eigenvalue weighted by Gasteiger charge is -2.37. The van der Waals surface area contributed by atoms with Crippen molar-refractivity contribution in [3.8, 4) is 5.75 Å². The van der Waals surface area contributed by atoms with E-state index in [0.29, 0.717) is 31.4 Å². The van der Waals surface area contributed by atoms with Crippen LogP contribution in [-0.4, -0.2) is 85.3 Å². The van der Waals surface area contributed by atoms with Crippen LogP contribution in [0.15, 0.2) is 36.9 Å². The molecule has 2 rings (SSSR count). The van der Waals surface area contributed by atoms with E-state index in [1.807, 2.05) is 38.1 Å². The predicted molar refractivity (Wildman–Crippen MR) is 205 cm³/mol. The molecule has 3 N–H and O–H groups in total. The third-order valence-corrected chi connectivity index (χ3v) is 14.1. The van der Waals surface area contributed by atoms with E-state index < -0.39 is 60.5 Å². The molecular weight excluding hydrogens is 735 g/mol. The van der Waals surface area contributed by atoms with Crippen LogP contribution in [0.3, 0.4) is 0 Å². The zero-order chi connectivity index (χ0) is 38.7. The number of nitrogens with one attached hydrogen (secondary N) is 3. The fourth-order valence-corrected chi connectivity index (χ4v) is 6.47. The molecule has 0 bridgehead atoms. The van der Waals surface area contributed by atoms with Crippen LogP contribution in [0.1, 0.15) is 72.8 Å². The maximum atomic E-state index is 14.2. The molecule has 51 heavy (non-hydrogen) atoms. The Balaban J connectivity index is 2.38. The van der Waals surface area contributed by atoms with Crippen LogP contribution >= 0.6 is 34.8 Å². The number of hydrazine groups is 1. The highest BCUT2D eigenvalue weighted by Crippen LogP contribution is 2.37. The van der Waals surface area contributed by atoms with Crippen LogP contribution in [-0.2, 0) is 35.1 Å². The van der Waals surface area contributed by atoms with E-state index in [9.17, 15) is 19.2 Å².